The third-order valence-corrected chi connectivity index (χ3v) is 3.07. The smallest absolute Gasteiger partial charge is 0.320 e. The summed E-state index contributed by atoms with van der Waals surface area (Å²) in [5.41, 5.74) is 1.11. The lowest BCUT2D eigenvalue weighted by atomic mass is 10.1. The van der Waals surface area contributed by atoms with Gasteiger partial charge in [-0.05, 0) is 28.8 Å². The highest BCUT2D eigenvalue weighted by Crippen LogP contribution is 2.15. The zero-order valence-corrected chi connectivity index (χ0v) is 10.4. The number of fused-ring (bicyclic) bond motifs is 1. The van der Waals surface area contributed by atoms with Gasteiger partial charge in [0.1, 0.15) is 6.04 Å². The molecule has 0 spiro atoms. The van der Waals surface area contributed by atoms with E-state index in [0.29, 0.717) is 13.0 Å². The van der Waals surface area contributed by atoms with Gasteiger partial charge >= 0.3 is 5.97 Å². The molecule has 0 aliphatic heterocycles. The number of benzene rings is 2. The summed E-state index contributed by atoms with van der Waals surface area (Å²) in [6.45, 7) is 2.45. The first kappa shape index (κ1) is 12.6. The monoisotopic (exact) mass is 243 g/mol. The fourth-order valence-electron chi connectivity index (χ4n) is 2.00. The van der Waals surface area contributed by atoms with Crippen LogP contribution in [0.4, 0.5) is 0 Å². The van der Waals surface area contributed by atoms with Gasteiger partial charge in [0.25, 0.3) is 0 Å². The van der Waals surface area contributed by atoms with E-state index in [1.807, 2.05) is 25.1 Å². The summed E-state index contributed by atoms with van der Waals surface area (Å²) in [5.74, 6) is -0.793. The molecule has 3 heteroatoms. The first-order valence-electron chi connectivity index (χ1n) is 6.14. The Bertz CT molecular complexity index is 551. The standard InChI is InChI=1S/C15H17NO2/c1-2-14(15(17)18)16-10-11-7-8-12-5-3-4-6-13(12)9-11/h3-9,14,16H,2,10H2,1H3,(H,17,18). The van der Waals surface area contributed by atoms with Gasteiger partial charge in [-0.25, -0.2) is 0 Å². The Balaban J connectivity index is 2.10. The minimum atomic E-state index is -0.793. The van der Waals surface area contributed by atoms with Crippen LogP contribution in [-0.2, 0) is 11.3 Å². The zero-order chi connectivity index (χ0) is 13.0. The minimum Gasteiger partial charge on any atom is -0.480 e. The molecule has 0 aliphatic rings. The number of nitrogens with one attached hydrogen (secondary N) is 1. The van der Waals surface area contributed by atoms with E-state index < -0.39 is 12.0 Å². The minimum absolute atomic E-state index is 0.475. The van der Waals surface area contributed by atoms with Crippen LogP contribution in [0.3, 0.4) is 0 Å². The molecule has 2 aromatic carbocycles. The van der Waals surface area contributed by atoms with E-state index in [0.717, 1.165) is 5.56 Å². The van der Waals surface area contributed by atoms with Gasteiger partial charge in [-0.1, -0.05) is 43.3 Å². The van der Waals surface area contributed by atoms with E-state index in [9.17, 15) is 4.79 Å². The zero-order valence-electron chi connectivity index (χ0n) is 10.4. The molecule has 0 heterocycles. The molecule has 0 saturated carbocycles. The van der Waals surface area contributed by atoms with Crippen molar-refractivity contribution in [1.29, 1.82) is 0 Å². The van der Waals surface area contributed by atoms with Crippen LogP contribution >= 0.6 is 0 Å². The summed E-state index contributed by atoms with van der Waals surface area (Å²) in [6, 6.07) is 13.9. The molecule has 0 fully saturated rings. The third kappa shape index (κ3) is 2.87. The number of rotatable bonds is 5. The van der Waals surface area contributed by atoms with Crippen LogP contribution in [0.1, 0.15) is 18.9 Å². The lowest BCUT2D eigenvalue weighted by Crippen LogP contribution is -2.35. The number of carbonyl (C=O) groups is 1. The van der Waals surface area contributed by atoms with Gasteiger partial charge in [-0.3, -0.25) is 4.79 Å². The Hall–Kier alpha value is -1.87. The topological polar surface area (TPSA) is 49.3 Å². The van der Waals surface area contributed by atoms with E-state index in [4.69, 9.17) is 5.11 Å². The molecule has 0 radical (unpaired) electrons. The van der Waals surface area contributed by atoms with E-state index >= 15 is 0 Å². The van der Waals surface area contributed by atoms with Crippen molar-refractivity contribution in [3.63, 3.8) is 0 Å². The lowest BCUT2D eigenvalue weighted by Gasteiger charge is -2.12. The van der Waals surface area contributed by atoms with Crippen molar-refractivity contribution in [2.24, 2.45) is 0 Å². The molecule has 2 rings (SSSR count). The number of carboxylic acid groups (broad SMARTS) is 1. The van der Waals surface area contributed by atoms with Gasteiger partial charge in [0.2, 0.25) is 0 Å². The molecule has 18 heavy (non-hydrogen) atoms. The fraction of sp³-hybridized carbons (Fsp3) is 0.267. The quantitative estimate of drug-likeness (QED) is 0.849. The Morgan fingerprint density at radius 2 is 1.94 bits per heavy atom. The average Bonchev–Trinajstić information content (AvgIpc) is 2.39. The van der Waals surface area contributed by atoms with Crippen LogP contribution in [0.15, 0.2) is 42.5 Å². The highest BCUT2D eigenvalue weighted by molar-refractivity contribution is 5.83. The Kier molecular flexibility index (Phi) is 3.95. The molecule has 0 bridgehead atoms. The van der Waals surface area contributed by atoms with Crippen molar-refractivity contribution in [3.8, 4) is 0 Å². The van der Waals surface area contributed by atoms with Crippen LogP contribution in [0.5, 0.6) is 0 Å². The van der Waals surface area contributed by atoms with Crippen molar-refractivity contribution >= 4 is 16.7 Å². The second-order valence-electron chi connectivity index (χ2n) is 4.36. The fourth-order valence-corrected chi connectivity index (χ4v) is 2.00. The molecular weight excluding hydrogens is 226 g/mol. The molecule has 0 saturated heterocycles. The molecule has 0 aliphatic carbocycles. The molecular formula is C15H17NO2. The highest BCUT2D eigenvalue weighted by atomic mass is 16.4. The molecule has 0 amide bonds. The van der Waals surface area contributed by atoms with Crippen LogP contribution in [-0.4, -0.2) is 17.1 Å². The normalized spacial score (nSPS) is 12.5. The van der Waals surface area contributed by atoms with Crippen molar-refractivity contribution in [1.82, 2.24) is 5.32 Å². The number of hydrogen-bond donors (Lipinski definition) is 2. The number of carboxylic acids is 1. The molecule has 1 atom stereocenters. The second-order valence-corrected chi connectivity index (χ2v) is 4.36. The first-order valence-corrected chi connectivity index (χ1v) is 6.14. The molecule has 94 valence electrons. The van der Waals surface area contributed by atoms with E-state index in [-0.39, 0.29) is 0 Å². The van der Waals surface area contributed by atoms with Gasteiger partial charge in [0, 0.05) is 6.54 Å². The summed E-state index contributed by atoms with van der Waals surface area (Å²) in [6.07, 6.45) is 0.586. The van der Waals surface area contributed by atoms with Gasteiger partial charge in [-0.2, -0.15) is 0 Å². The van der Waals surface area contributed by atoms with Crippen LogP contribution in [0.25, 0.3) is 10.8 Å². The third-order valence-electron chi connectivity index (χ3n) is 3.07. The Labute approximate surface area is 106 Å². The van der Waals surface area contributed by atoms with Gasteiger partial charge in [-0.15, -0.1) is 0 Å². The molecule has 2 aromatic rings. The van der Waals surface area contributed by atoms with E-state index in [1.165, 1.54) is 10.8 Å². The van der Waals surface area contributed by atoms with Gasteiger partial charge in [0.05, 0.1) is 0 Å². The molecule has 2 N–H and O–H groups in total. The average molecular weight is 243 g/mol. The van der Waals surface area contributed by atoms with Crippen LogP contribution in [0.2, 0.25) is 0 Å². The van der Waals surface area contributed by atoms with Crippen LogP contribution in [0, 0.1) is 0 Å². The Morgan fingerprint density at radius 1 is 1.22 bits per heavy atom. The number of aliphatic carboxylic acids is 1. The summed E-state index contributed by atoms with van der Waals surface area (Å²) < 4.78 is 0. The summed E-state index contributed by atoms with van der Waals surface area (Å²) >= 11 is 0. The molecule has 3 nitrogen and oxygen atoms in total. The predicted molar refractivity (Wildman–Crippen MR) is 72.5 cm³/mol. The van der Waals surface area contributed by atoms with E-state index in [1.54, 1.807) is 0 Å². The van der Waals surface area contributed by atoms with Crippen molar-refractivity contribution in [3.05, 3.63) is 48.0 Å². The predicted octanol–water partition coefficient (Wildman–Crippen LogP) is 2.79. The van der Waals surface area contributed by atoms with Gasteiger partial charge < -0.3 is 10.4 Å². The first-order chi connectivity index (χ1) is 8.70. The Morgan fingerprint density at radius 3 is 2.61 bits per heavy atom. The number of hydrogen-bond acceptors (Lipinski definition) is 2. The van der Waals surface area contributed by atoms with Gasteiger partial charge in [0.15, 0.2) is 0 Å². The largest absolute Gasteiger partial charge is 0.480 e. The van der Waals surface area contributed by atoms with Crippen LogP contribution < -0.4 is 5.32 Å². The maximum atomic E-state index is 10.9. The van der Waals surface area contributed by atoms with E-state index in [2.05, 4.69) is 29.6 Å². The van der Waals surface area contributed by atoms with Crippen molar-refractivity contribution in [2.75, 3.05) is 0 Å². The maximum absolute atomic E-state index is 10.9. The lowest BCUT2D eigenvalue weighted by molar-refractivity contribution is -0.139. The summed E-state index contributed by atoms with van der Waals surface area (Å²) in [4.78, 5) is 10.9. The maximum Gasteiger partial charge on any atom is 0.320 e. The molecule has 1 unspecified atom stereocenters. The highest BCUT2D eigenvalue weighted by Gasteiger charge is 2.13. The van der Waals surface area contributed by atoms with Crippen molar-refractivity contribution in [2.45, 2.75) is 25.9 Å². The summed E-state index contributed by atoms with van der Waals surface area (Å²) in [5, 5.41) is 14.4. The molecule has 0 aromatic heterocycles. The SMILES string of the molecule is CCC(NCc1ccc2ccccc2c1)C(=O)O. The summed E-state index contributed by atoms with van der Waals surface area (Å²) in [7, 11) is 0. The van der Waals surface area contributed by atoms with Crippen molar-refractivity contribution < 1.29 is 9.90 Å². The second kappa shape index (κ2) is 5.65.